The highest BCUT2D eigenvalue weighted by atomic mass is 35.5. The van der Waals surface area contributed by atoms with Crippen LogP contribution in [-0.2, 0) is 14.3 Å². The Kier molecular flexibility index (Phi) is 2.63. The van der Waals surface area contributed by atoms with Crippen molar-refractivity contribution in [1.82, 2.24) is 5.32 Å². The molecule has 1 amide bonds. The molecule has 0 aromatic rings. The summed E-state index contributed by atoms with van der Waals surface area (Å²) in [5.74, 6) is -0.558. The number of hydrogen-bond donors (Lipinski definition) is 1. The molecule has 1 saturated carbocycles. The van der Waals surface area contributed by atoms with E-state index in [1.54, 1.807) is 0 Å². The molecule has 1 heterocycles. The van der Waals surface area contributed by atoms with E-state index in [1.165, 1.54) is 7.11 Å². The molecule has 2 unspecified atom stereocenters. The van der Waals surface area contributed by atoms with Crippen LogP contribution in [0, 0.1) is 5.92 Å². The van der Waals surface area contributed by atoms with Gasteiger partial charge in [-0.15, -0.1) is 11.6 Å². The lowest BCUT2D eigenvalue weighted by Gasteiger charge is -2.10. The maximum absolute atomic E-state index is 11.6. The summed E-state index contributed by atoms with van der Waals surface area (Å²) >= 11 is 5.84. The fourth-order valence-electron chi connectivity index (χ4n) is 2.12. The molecule has 1 N–H and O–H groups in total. The van der Waals surface area contributed by atoms with Crippen LogP contribution < -0.4 is 5.32 Å². The fourth-order valence-corrected chi connectivity index (χ4v) is 2.43. The van der Waals surface area contributed by atoms with Crippen molar-refractivity contribution >= 4 is 23.5 Å². The Morgan fingerprint density at radius 3 is 2.87 bits per heavy atom. The van der Waals surface area contributed by atoms with Crippen molar-refractivity contribution in [2.45, 2.75) is 36.6 Å². The van der Waals surface area contributed by atoms with Gasteiger partial charge in [-0.1, -0.05) is 0 Å². The summed E-state index contributed by atoms with van der Waals surface area (Å²) in [5.41, 5.74) is 0.0501. The van der Waals surface area contributed by atoms with Crippen LogP contribution in [0.1, 0.15) is 25.7 Å². The first-order chi connectivity index (χ1) is 7.06. The van der Waals surface area contributed by atoms with Gasteiger partial charge in [0.25, 0.3) is 0 Å². The minimum absolute atomic E-state index is 0.0297. The molecule has 4 nitrogen and oxygen atoms in total. The van der Waals surface area contributed by atoms with Crippen LogP contribution in [0.3, 0.4) is 0 Å². The molecule has 84 valence electrons. The number of hydrogen-bond acceptors (Lipinski definition) is 3. The van der Waals surface area contributed by atoms with E-state index in [0.29, 0.717) is 6.42 Å². The number of rotatable bonds is 3. The summed E-state index contributed by atoms with van der Waals surface area (Å²) in [6, 6.07) is 0. The number of halogens is 1. The van der Waals surface area contributed by atoms with Crippen molar-refractivity contribution in [2.75, 3.05) is 7.11 Å². The maximum atomic E-state index is 11.6. The van der Waals surface area contributed by atoms with Crippen LogP contribution in [0.5, 0.6) is 0 Å². The minimum Gasteiger partial charge on any atom is -0.468 e. The first-order valence-electron chi connectivity index (χ1n) is 5.10. The molecular weight excluding hydrogens is 218 g/mol. The first-order valence-corrected chi connectivity index (χ1v) is 5.54. The molecule has 5 heteroatoms. The van der Waals surface area contributed by atoms with Crippen molar-refractivity contribution in [2.24, 2.45) is 5.92 Å². The number of carbonyl (C=O) groups excluding carboxylic acids is 2. The van der Waals surface area contributed by atoms with Gasteiger partial charge in [0.15, 0.2) is 0 Å². The summed E-state index contributed by atoms with van der Waals surface area (Å²) in [4.78, 5) is 22.7. The largest absolute Gasteiger partial charge is 0.468 e. The average Bonchev–Trinajstić information content (AvgIpc) is 2.87. The third-order valence-corrected chi connectivity index (χ3v) is 3.55. The van der Waals surface area contributed by atoms with Crippen molar-refractivity contribution in [3.63, 3.8) is 0 Å². The van der Waals surface area contributed by atoms with Crippen molar-refractivity contribution in [1.29, 1.82) is 0 Å². The van der Waals surface area contributed by atoms with Crippen LogP contribution in [0.4, 0.5) is 0 Å². The molecule has 2 aliphatic rings. The normalized spacial score (nSPS) is 28.7. The van der Waals surface area contributed by atoms with Gasteiger partial charge in [-0.2, -0.15) is 0 Å². The second-order valence-electron chi connectivity index (χ2n) is 4.40. The summed E-state index contributed by atoms with van der Waals surface area (Å²) in [6.45, 7) is 0. The number of amides is 1. The standard InChI is InChI=1S/C10H14ClNO3/c1-15-9(14)7(11)4-6-5-10(2-3-10)12-8(6)13/h6-7H,2-5H2,1H3,(H,12,13). The highest BCUT2D eigenvalue weighted by molar-refractivity contribution is 6.30. The average molecular weight is 232 g/mol. The molecule has 2 atom stereocenters. The first kappa shape index (κ1) is 10.7. The Hall–Kier alpha value is -0.770. The van der Waals surface area contributed by atoms with E-state index >= 15 is 0 Å². The molecule has 0 aromatic heterocycles. The zero-order valence-electron chi connectivity index (χ0n) is 8.59. The lowest BCUT2D eigenvalue weighted by Crippen LogP contribution is -2.28. The van der Waals surface area contributed by atoms with Gasteiger partial charge in [0, 0.05) is 11.5 Å². The topological polar surface area (TPSA) is 55.4 Å². The van der Waals surface area contributed by atoms with Gasteiger partial charge in [-0.05, 0) is 25.7 Å². The zero-order chi connectivity index (χ0) is 11.1. The molecule has 1 aliphatic carbocycles. The minimum atomic E-state index is -0.709. The molecule has 0 radical (unpaired) electrons. The molecule has 2 rings (SSSR count). The second-order valence-corrected chi connectivity index (χ2v) is 4.92. The monoisotopic (exact) mass is 231 g/mol. The van der Waals surface area contributed by atoms with Crippen LogP contribution in [0.15, 0.2) is 0 Å². The molecule has 1 saturated heterocycles. The summed E-state index contributed by atoms with van der Waals surface area (Å²) in [7, 11) is 1.30. The summed E-state index contributed by atoms with van der Waals surface area (Å²) in [5, 5.41) is 2.26. The third-order valence-electron chi connectivity index (χ3n) is 3.20. The molecule has 0 aromatic carbocycles. The van der Waals surface area contributed by atoms with Crippen molar-refractivity contribution < 1.29 is 14.3 Å². The molecule has 1 aliphatic heterocycles. The van der Waals surface area contributed by atoms with Crippen LogP contribution in [-0.4, -0.2) is 29.9 Å². The number of ether oxygens (including phenoxy) is 1. The van der Waals surface area contributed by atoms with E-state index in [1.807, 2.05) is 0 Å². The number of carbonyl (C=O) groups is 2. The molecule has 15 heavy (non-hydrogen) atoms. The Balaban J connectivity index is 1.89. The number of esters is 1. The lowest BCUT2D eigenvalue weighted by atomic mass is 9.98. The molecule has 0 bridgehead atoms. The van der Waals surface area contributed by atoms with Gasteiger partial charge >= 0.3 is 5.97 Å². The zero-order valence-corrected chi connectivity index (χ0v) is 9.34. The van der Waals surface area contributed by atoms with Gasteiger partial charge < -0.3 is 10.1 Å². The van der Waals surface area contributed by atoms with E-state index in [-0.39, 0.29) is 17.4 Å². The van der Waals surface area contributed by atoms with Crippen LogP contribution in [0.25, 0.3) is 0 Å². The van der Waals surface area contributed by atoms with Crippen molar-refractivity contribution in [3.05, 3.63) is 0 Å². The predicted octanol–water partition coefficient (Wildman–Crippen LogP) is 0.826. The maximum Gasteiger partial charge on any atom is 0.323 e. The third kappa shape index (κ3) is 2.09. The van der Waals surface area contributed by atoms with E-state index in [0.717, 1.165) is 19.3 Å². The smallest absolute Gasteiger partial charge is 0.323 e. The van der Waals surface area contributed by atoms with Gasteiger partial charge in [0.2, 0.25) is 5.91 Å². The Morgan fingerprint density at radius 2 is 2.40 bits per heavy atom. The van der Waals surface area contributed by atoms with Gasteiger partial charge in [-0.25, -0.2) is 0 Å². The Bertz CT molecular complexity index is 301. The summed E-state index contributed by atoms with van der Waals surface area (Å²) < 4.78 is 4.52. The van der Waals surface area contributed by atoms with E-state index in [2.05, 4.69) is 10.1 Å². The number of alkyl halides is 1. The van der Waals surface area contributed by atoms with Gasteiger partial charge in [0.05, 0.1) is 7.11 Å². The summed E-state index contributed by atoms with van der Waals surface area (Å²) in [6.07, 6.45) is 3.30. The fraction of sp³-hybridized carbons (Fsp3) is 0.800. The second kappa shape index (κ2) is 3.67. The van der Waals surface area contributed by atoms with E-state index < -0.39 is 11.3 Å². The van der Waals surface area contributed by atoms with Gasteiger partial charge in [0.1, 0.15) is 5.38 Å². The Morgan fingerprint density at radius 1 is 1.73 bits per heavy atom. The molecule has 2 fully saturated rings. The van der Waals surface area contributed by atoms with Crippen LogP contribution in [0.2, 0.25) is 0 Å². The highest BCUT2D eigenvalue weighted by Gasteiger charge is 2.52. The molecule has 1 spiro atoms. The highest BCUT2D eigenvalue weighted by Crippen LogP contribution is 2.46. The SMILES string of the molecule is COC(=O)C(Cl)CC1CC2(CC2)NC1=O. The van der Waals surface area contributed by atoms with E-state index in [9.17, 15) is 9.59 Å². The number of methoxy groups -OCH3 is 1. The quantitative estimate of drug-likeness (QED) is 0.578. The Labute approximate surface area is 93.3 Å². The number of nitrogens with one attached hydrogen (secondary N) is 1. The van der Waals surface area contributed by atoms with Gasteiger partial charge in [-0.3, -0.25) is 9.59 Å². The van der Waals surface area contributed by atoms with Crippen molar-refractivity contribution in [3.8, 4) is 0 Å². The lowest BCUT2D eigenvalue weighted by molar-refractivity contribution is -0.140. The molecular formula is C10H14ClNO3. The van der Waals surface area contributed by atoms with E-state index in [4.69, 9.17) is 11.6 Å². The predicted molar refractivity (Wildman–Crippen MR) is 54.5 cm³/mol. The van der Waals surface area contributed by atoms with Crippen LogP contribution >= 0.6 is 11.6 Å².